The number of morpholine rings is 1. The maximum Gasteiger partial charge on any atom is 0.337 e. The second-order valence-corrected chi connectivity index (χ2v) is 10.5. The molecule has 6 rings (SSSR count). The number of aromatic nitrogens is 3. The number of aryl methyl sites for hydroxylation is 1. The second-order valence-electron chi connectivity index (χ2n) is 9.55. The molecule has 1 aliphatic heterocycles. The van der Waals surface area contributed by atoms with Crippen LogP contribution in [-0.2, 0) is 16.6 Å². The van der Waals surface area contributed by atoms with Crippen LogP contribution in [0.1, 0.15) is 18.9 Å². The second kappa shape index (κ2) is 9.62. The normalized spacial score (nSPS) is 15.7. The van der Waals surface area contributed by atoms with Gasteiger partial charge in [0, 0.05) is 35.9 Å². The van der Waals surface area contributed by atoms with Crippen LogP contribution < -0.4 is 27.0 Å². The smallest absolute Gasteiger partial charge is 0.337 e. The zero-order valence-electron chi connectivity index (χ0n) is 20.8. The minimum absolute atomic E-state index is 0.0458. The molecule has 4 aromatic rings. The summed E-state index contributed by atoms with van der Waals surface area (Å²) < 4.78 is 24.2. The average molecular weight is 596 g/mol. The highest BCUT2D eigenvalue weighted by Crippen LogP contribution is 2.34. The summed E-state index contributed by atoms with van der Waals surface area (Å²) in [7, 11) is 1.47. The Hall–Kier alpha value is -4.03. The number of ether oxygens (including phenoxy) is 1. The number of carbonyl (C=O) groups excluding carboxylic acids is 1. The molecule has 2 aromatic heterocycles. The lowest BCUT2D eigenvalue weighted by Gasteiger charge is -2.27. The summed E-state index contributed by atoms with van der Waals surface area (Å²) in [5.41, 5.74) is -0.526. The van der Waals surface area contributed by atoms with Crippen LogP contribution in [-0.4, -0.2) is 39.4 Å². The van der Waals surface area contributed by atoms with E-state index in [0.29, 0.717) is 41.8 Å². The summed E-state index contributed by atoms with van der Waals surface area (Å²) in [6.45, 7) is 0.683. The number of benzene rings is 2. The van der Waals surface area contributed by atoms with Crippen molar-refractivity contribution in [3.8, 4) is 5.69 Å². The predicted molar refractivity (Wildman–Crippen MR) is 148 cm³/mol. The first-order valence-corrected chi connectivity index (χ1v) is 13.2. The number of halogens is 2. The van der Waals surface area contributed by atoms with Gasteiger partial charge < -0.3 is 15.0 Å². The van der Waals surface area contributed by atoms with Crippen LogP contribution in [0.2, 0.25) is 0 Å². The van der Waals surface area contributed by atoms with Gasteiger partial charge in [-0.2, -0.15) is 0 Å². The van der Waals surface area contributed by atoms with Gasteiger partial charge in [0.15, 0.2) is 0 Å². The summed E-state index contributed by atoms with van der Waals surface area (Å²) in [5.74, 6) is -0.800. The number of amides is 1. The Bertz CT molecular complexity index is 1840. The Morgan fingerprint density at radius 1 is 1.00 bits per heavy atom. The number of nitrogens with zero attached hydrogens (tertiary/aromatic N) is 4. The Kier molecular flexibility index (Phi) is 6.23. The third kappa shape index (κ3) is 4.39. The number of nitrogens with one attached hydrogen (secondary N) is 1. The van der Waals surface area contributed by atoms with Crippen LogP contribution in [0.3, 0.4) is 0 Å². The molecule has 0 radical (unpaired) electrons. The molecule has 1 saturated carbocycles. The van der Waals surface area contributed by atoms with Gasteiger partial charge in [0.25, 0.3) is 17.0 Å². The molecule has 2 aliphatic rings. The summed E-state index contributed by atoms with van der Waals surface area (Å²) in [4.78, 5) is 54.9. The van der Waals surface area contributed by atoms with Crippen molar-refractivity contribution in [2.24, 2.45) is 7.05 Å². The van der Waals surface area contributed by atoms with E-state index < -0.39 is 22.6 Å². The minimum Gasteiger partial charge on any atom is -0.370 e. The molecule has 1 saturated heterocycles. The van der Waals surface area contributed by atoms with Gasteiger partial charge in [-0.25, -0.2) is 13.8 Å². The number of hydrogen-bond acceptors (Lipinski definition) is 6. The van der Waals surface area contributed by atoms with Crippen molar-refractivity contribution in [1.82, 2.24) is 13.7 Å². The molecule has 1 amide bonds. The molecule has 200 valence electrons. The Morgan fingerprint density at radius 3 is 2.49 bits per heavy atom. The van der Waals surface area contributed by atoms with Crippen molar-refractivity contribution in [3.63, 3.8) is 0 Å². The molecular formula is C27H23BrFN5O5. The van der Waals surface area contributed by atoms with Crippen LogP contribution in [0.15, 0.2) is 67.4 Å². The minimum atomic E-state index is -0.595. The van der Waals surface area contributed by atoms with Crippen molar-refractivity contribution < 1.29 is 13.9 Å². The molecule has 0 spiro atoms. The van der Waals surface area contributed by atoms with Gasteiger partial charge in [-0.3, -0.25) is 23.5 Å². The Balaban J connectivity index is 1.64. The van der Waals surface area contributed by atoms with E-state index in [1.54, 1.807) is 35.2 Å². The van der Waals surface area contributed by atoms with Crippen LogP contribution in [0.25, 0.3) is 16.7 Å². The zero-order valence-corrected chi connectivity index (χ0v) is 22.4. The van der Waals surface area contributed by atoms with Crippen molar-refractivity contribution in [2.45, 2.75) is 18.9 Å². The van der Waals surface area contributed by atoms with E-state index in [9.17, 15) is 23.6 Å². The first kappa shape index (κ1) is 25.3. The van der Waals surface area contributed by atoms with Crippen LogP contribution >= 0.6 is 15.9 Å². The topological polar surface area (TPSA) is 108 Å². The standard InChI is InChI=1S/C27H23BrFN5O5/c1-31-22(35)13-21(30-20-8-5-15(28)11-19(20)29)24-25(31)33(27(38)34(26(24)37)16-6-7-16)18-4-2-3-17(12-18)32-9-10-39-14-23(32)36/h2-5,8,11-13,16,30H,6-7,9-10,14H2,1H3. The first-order valence-electron chi connectivity index (χ1n) is 12.4. The summed E-state index contributed by atoms with van der Waals surface area (Å²) >= 11 is 3.22. The van der Waals surface area contributed by atoms with Crippen molar-refractivity contribution >= 4 is 49.9 Å². The van der Waals surface area contributed by atoms with Crippen molar-refractivity contribution in [2.75, 3.05) is 30.0 Å². The van der Waals surface area contributed by atoms with Gasteiger partial charge in [0.1, 0.15) is 23.5 Å². The molecular weight excluding hydrogens is 573 g/mol. The molecule has 0 atom stereocenters. The summed E-state index contributed by atoms with van der Waals surface area (Å²) in [5, 5.41) is 2.97. The first-order chi connectivity index (χ1) is 18.7. The molecule has 1 N–H and O–H groups in total. The van der Waals surface area contributed by atoms with Gasteiger partial charge in [-0.15, -0.1) is 0 Å². The van der Waals surface area contributed by atoms with E-state index in [1.165, 1.54) is 38.9 Å². The lowest BCUT2D eigenvalue weighted by Crippen LogP contribution is -2.42. The van der Waals surface area contributed by atoms with Crippen LogP contribution in [0.4, 0.5) is 21.5 Å². The van der Waals surface area contributed by atoms with E-state index in [1.807, 2.05) is 0 Å². The largest absolute Gasteiger partial charge is 0.370 e. The number of anilines is 3. The van der Waals surface area contributed by atoms with Crippen molar-refractivity contribution in [3.05, 3.63) is 90.0 Å². The number of fused-ring (bicyclic) bond motifs is 1. The monoisotopic (exact) mass is 595 g/mol. The molecule has 12 heteroatoms. The van der Waals surface area contributed by atoms with Gasteiger partial charge in [-0.1, -0.05) is 22.0 Å². The van der Waals surface area contributed by atoms with Gasteiger partial charge in [0.05, 0.1) is 23.7 Å². The molecule has 1 aliphatic carbocycles. The van der Waals surface area contributed by atoms with E-state index in [4.69, 9.17) is 4.74 Å². The molecule has 3 heterocycles. The Labute approximate surface area is 229 Å². The molecule has 0 unspecified atom stereocenters. The quantitative estimate of drug-likeness (QED) is 0.380. The number of hydrogen-bond donors (Lipinski definition) is 1. The van der Waals surface area contributed by atoms with E-state index >= 15 is 0 Å². The van der Waals surface area contributed by atoms with Gasteiger partial charge >= 0.3 is 5.69 Å². The molecule has 0 bridgehead atoms. The highest BCUT2D eigenvalue weighted by atomic mass is 79.9. The fraction of sp³-hybridized carbons (Fsp3) is 0.259. The maximum absolute atomic E-state index is 14.7. The fourth-order valence-corrected chi connectivity index (χ4v) is 5.21. The third-order valence-corrected chi connectivity index (χ3v) is 7.44. The average Bonchev–Trinajstić information content (AvgIpc) is 3.74. The van der Waals surface area contributed by atoms with Crippen LogP contribution in [0, 0.1) is 5.82 Å². The molecule has 2 fully saturated rings. The van der Waals surface area contributed by atoms with E-state index in [-0.39, 0.29) is 41.0 Å². The highest BCUT2D eigenvalue weighted by Gasteiger charge is 2.31. The zero-order chi connectivity index (χ0) is 27.4. The lowest BCUT2D eigenvalue weighted by molar-refractivity contribution is -0.125. The van der Waals surface area contributed by atoms with Crippen LogP contribution in [0.5, 0.6) is 0 Å². The number of carbonyl (C=O) groups is 1. The fourth-order valence-electron chi connectivity index (χ4n) is 4.88. The highest BCUT2D eigenvalue weighted by molar-refractivity contribution is 9.10. The summed E-state index contributed by atoms with van der Waals surface area (Å²) in [6.07, 6.45) is 1.33. The van der Waals surface area contributed by atoms with Gasteiger partial charge in [0.2, 0.25) is 0 Å². The molecule has 39 heavy (non-hydrogen) atoms. The predicted octanol–water partition coefficient (Wildman–Crippen LogP) is 3.19. The maximum atomic E-state index is 14.7. The number of rotatable bonds is 5. The van der Waals surface area contributed by atoms with E-state index in [2.05, 4.69) is 21.2 Å². The van der Waals surface area contributed by atoms with Gasteiger partial charge in [-0.05, 0) is 49.2 Å². The molecule has 2 aromatic carbocycles. The SMILES string of the molecule is Cn1c(=O)cc(Nc2ccc(Br)cc2F)c2c(=O)n(C3CC3)c(=O)n(-c3cccc(N4CCOCC4=O)c3)c21. The molecule has 10 nitrogen and oxygen atoms in total. The van der Waals surface area contributed by atoms with Crippen molar-refractivity contribution in [1.29, 1.82) is 0 Å². The van der Waals surface area contributed by atoms with E-state index in [0.717, 1.165) is 0 Å². The number of pyridine rings is 1. The Morgan fingerprint density at radius 2 is 1.77 bits per heavy atom. The lowest BCUT2D eigenvalue weighted by atomic mass is 10.2. The summed E-state index contributed by atoms with van der Waals surface area (Å²) in [6, 6.07) is 12.1. The third-order valence-electron chi connectivity index (χ3n) is 6.95.